The van der Waals surface area contributed by atoms with Crippen molar-refractivity contribution < 1.29 is 9.13 Å². The number of halogens is 1. The Hall–Kier alpha value is -2.01. The van der Waals surface area contributed by atoms with Crippen LogP contribution in [0.25, 0.3) is 11.1 Å². The Labute approximate surface area is 198 Å². The van der Waals surface area contributed by atoms with Crippen molar-refractivity contribution in [2.75, 3.05) is 20.1 Å². The van der Waals surface area contributed by atoms with Crippen molar-refractivity contribution in [1.29, 1.82) is 0 Å². The molecule has 4 rings (SSSR count). The highest BCUT2D eigenvalue weighted by molar-refractivity contribution is 5.66. The predicted octanol–water partition coefficient (Wildman–Crippen LogP) is 6.42. The van der Waals surface area contributed by atoms with Crippen LogP contribution in [0.3, 0.4) is 0 Å². The molecule has 1 saturated heterocycles. The van der Waals surface area contributed by atoms with Gasteiger partial charge < -0.3 is 9.64 Å². The quantitative estimate of drug-likeness (QED) is 0.439. The molecular formula is C28H40FN3O. The number of aryl methyl sites for hydroxylation is 2. The van der Waals surface area contributed by atoms with Crippen LogP contribution in [-0.4, -0.2) is 47.5 Å². The van der Waals surface area contributed by atoms with E-state index in [-0.39, 0.29) is 5.92 Å². The number of unbranched alkanes of at least 4 members (excludes halogenated alkanes) is 1. The van der Waals surface area contributed by atoms with Gasteiger partial charge in [-0.05, 0) is 101 Å². The second kappa shape index (κ2) is 11.9. The molecule has 1 aliphatic heterocycles. The summed E-state index contributed by atoms with van der Waals surface area (Å²) >= 11 is 0. The highest BCUT2D eigenvalue weighted by atomic mass is 19.1. The lowest BCUT2D eigenvalue weighted by Gasteiger charge is -2.32. The molecule has 1 aliphatic carbocycles. The smallest absolute Gasteiger partial charge is 0.119 e. The van der Waals surface area contributed by atoms with E-state index < -0.39 is 6.17 Å². The third-order valence-corrected chi connectivity index (χ3v) is 7.36. The average molecular weight is 454 g/mol. The lowest BCUT2D eigenvalue weighted by molar-refractivity contribution is 0.0971. The van der Waals surface area contributed by atoms with Gasteiger partial charge in [0.05, 0.1) is 17.5 Å². The van der Waals surface area contributed by atoms with E-state index in [1.165, 1.54) is 19.3 Å². The maximum Gasteiger partial charge on any atom is 0.119 e. The standard InChI is InChI=1S/C28H40FN3O/c1-3-4-10-28-26(21-12-15-25(16-13-21)33-24-8-6-5-7-9-24)19-23(30-31-28)14-11-22-17-18-32(2)20-27(22)29/h12-13,15-16,19,22,24,27H,3-11,14,17-18,20H2,1-2H3/t22?,27-/m1/s1. The van der Waals surface area contributed by atoms with Crippen LogP contribution in [0.5, 0.6) is 5.75 Å². The molecule has 2 aromatic rings. The number of hydrogen-bond donors (Lipinski definition) is 0. The van der Waals surface area contributed by atoms with E-state index in [0.717, 1.165) is 86.2 Å². The van der Waals surface area contributed by atoms with Crippen LogP contribution < -0.4 is 4.74 Å². The number of benzene rings is 1. The molecule has 2 aliphatic rings. The van der Waals surface area contributed by atoms with Crippen LogP contribution in [0.4, 0.5) is 4.39 Å². The van der Waals surface area contributed by atoms with Crippen molar-refractivity contribution in [3.8, 4) is 16.9 Å². The number of rotatable bonds is 9. The van der Waals surface area contributed by atoms with E-state index in [2.05, 4.69) is 52.4 Å². The number of piperidine rings is 1. The van der Waals surface area contributed by atoms with Crippen molar-refractivity contribution in [3.63, 3.8) is 0 Å². The van der Waals surface area contributed by atoms with Crippen LogP contribution in [0.1, 0.15) is 76.1 Å². The Bertz CT molecular complexity index is 866. The fourth-order valence-corrected chi connectivity index (χ4v) is 5.21. The topological polar surface area (TPSA) is 38.2 Å². The Morgan fingerprint density at radius 3 is 2.55 bits per heavy atom. The van der Waals surface area contributed by atoms with Crippen LogP contribution in [-0.2, 0) is 12.8 Å². The minimum Gasteiger partial charge on any atom is -0.490 e. The lowest BCUT2D eigenvalue weighted by atomic mass is 9.90. The molecule has 2 atom stereocenters. The molecule has 2 heterocycles. The van der Waals surface area contributed by atoms with Crippen molar-refractivity contribution >= 4 is 0 Å². The zero-order valence-corrected chi connectivity index (χ0v) is 20.4. The van der Waals surface area contributed by atoms with Gasteiger partial charge in [0, 0.05) is 12.1 Å². The van der Waals surface area contributed by atoms with Gasteiger partial charge in [0.15, 0.2) is 0 Å². The SMILES string of the molecule is CCCCc1nnc(CCC2CCN(C)C[C@H]2F)cc1-c1ccc(OC2CCCCC2)cc1. The third-order valence-electron chi connectivity index (χ3n) is 7.36. The van der Waals surface area contributed by atoms with Gasteiger partial charge in [0.25, 0.3) is 0 Å². The molecule has 0 amide bonds. The molecule has 0 radical (unpaired) electrons. The van der Waals surface area contributed by atoms with E-state index in [0.29, 0.717) is 12.6 Å². The maximum absolute atomic E-state index is 14.5. The Morgan fingerprint density at radius 2 is 1.82 bits per heavy atom. The molecule has 2 fully saturated rings. The normalized spacial score (nSPS) is 22.4. The van der Waals surface area contributed by atoms with Gasteiger partial charge in [-0.3, -0.25) is 0 Å². The summed E-state index contributed by atoms with van der Waals surface area (Å²) < 4.78 is 20.7. The molecule has 1 aromatic heterocycles. The summed E-state index contributed by atoms with van der Waals surface area (Å²) in [5.41, 5.74) is 4.36. The number of likely N-dealkylation sites (tertiary alicyclic amines) is 1. The van der Waals surface area contributed by atoms with Crippen molar-refractivity contribution in [1.82, 2.24) is 15.1 Å². The Balaban J connectivity index is 1.46. The predicted molar refractivity (Wildman–Crippen MR) is 132 cm³/mol. The molecule has 1 unspecified atom stereocenters. The maximum atomic E-state index is 14.5. The van der Waals surface area contributed by atoms with Crippen LogP contribution >= 0.6 is 0 Å². The van der Waals surface area contributed by atoms with E-state index in [9.17, 15) is 4.39 Å². The second-order valence-electron chi connectivity index (χ2n) is 10.1. The van der Waals surface area contributed by atoms with Gasteiger partial charge in [-0.2, -0.15) is 10.2 Å². The van der Waals surface area contributed by atoms with Gasteiger partial charge in [-0.1, -0.05) is 31.9 Å². The number of nitrogens with zero attached hydrogens (tertiary/aromatic N) is 3. The monoisotopic (exact) mass is 453 g/mol. The van der Waals surface area contributed by atoms with E-state index in [4.69, 9.17) is 4.74 Å². The van der Waals surface area contributed by atoms with Crippen LogP contribution in [0.15, 0.2) is 30.3 Å². The first-order chi connectivity index (χ1) is 16.1. The summed E-state index contributed by atoms with van der Waals surface area (Å²) in [6.07, 6.45) is 11.5. The van der Waals surface area contributed by atoms with Gasteiger partial charge in [0.1, 0.15) is 11.9 Å². The highest BCUT2D eigenvalue weighted by Gasteiger charge is 2.27. The first kappa shape index (κ1) is 24.1. The van der Waals surface area contributed by atoms with E-state index in [1.807, 2.05) is 7.05 Å². The van der Waals surface area contributed by atoms with Gasteiger partial charge in [-0.15, -0.1) is 0 Å². The van der Waals surface area contributed by atoms with E-state index >= 15 is 0 Å². The Morgan fingerprint density at radius 1 is 1.03 bits per heavy atom. The minimum absolute atomic E-state index is 0.127. The largest absolute Gasteiger partial charge is 0.490 e. The molecule has 1 aromatic carbocycles. The van der Waals surface area contributed by atoms with Crippen LogP contribution in [0.2, 0.25) is 0 Å². The number of aromatic nitrogens is 2. The second-order valence-corrected chi connectivity index (χ2v) is 10.1. The molecule has 0 spiro atoms. The first-order valence-electron chi connectivity index (χ1n) is 13.1. The number of ether oxygens (including phenoxy) is 1. The summed E-state index contributed by atoms with van der Waals surface area (Å²) in [4.78, 5) is 2.09. The van der Waals surface area contributed by atoms with Gasteiger partial charge >= 0.3 is 0 Å². The summed E-state index contributed by atoms with van der Waals surface area (Å²) in [5, 5.41) is 9.15. The zero-order valence-electron chi connectivity index (χ0n) is 20.4. The molecule has 4 nitrogen and oxygen atoms in total. The lowest BCUT2D eigenvalue weighted by Crippen LogP contribution is -2.39. The van der Waals surface area contributed by atoms with Crippen LogP contribution in [0, 0.1) is 5.92 Å². The fraction of sp³-hybridized carbons (Fsp3) is 0.643. The molecule has 0 N–H and O–H groups in total. The first-order valence-corrected chi connectivity index (χ1v) is 13.1. The highest BCUT2D eigenvalue weighted by Crippen LogP contribution is 2.30. The molecule has 5 heteroatoms. The Kier molecular flexibility index (Phi) is 8.71. The summed E-state index contributed by atoms with van der Waals surface area (Å²) in [5.74, 6) is 1.08. The van der Waals surface area contributed by atoms with Gasteiger partial charge in [0.2, 0.25) is 0 Å². The van der Waals surface area contributed by atoms with Gasteiger partial charge in [-0.25, -0.2) is 4.39 Å². The van der Waals surface area contributed by atoms with Crippen molar-refractivity contribution in [2.45, 2.75) is 89.8 Å². The molecular weight excluding hydrogens is 413 g/mol. The molecule has 0 bridgehead atoms. The van der Waals surface area contributed by atoms with E-state index in [1.54, 1.807) is 0 Å². The molecule has 33 heavy (non-hydrogen) atoms. The summed E-state index contributed by atoms with van der Waals surface area (Å²) in [6, 6.07) is 10.7. The number of hydrogen-bond acceptors (Lipinski definition) is 4. The van der Waals surface area contributed by atoms with Crippen molar-refractivity contribution in [3.05, 3.63) is 41.7 Å². The zero-order chi connectivity index (χ0) is 23.0. The molecule has 180 valence electrons. The fourth-order valence-electron chi connectivity index (χ4n) is 5.21. The third kappa shape index (κ3) is 6.75. The average Bonchev–Trinajstić information content (AvgIpc) is 2.84. The van der Waals surface area contributed by atoms with Crippen molar-refractivity contribution in [2.24, 2.45) is 5.92 Å². The number of alkyl halides is 1. The summed E-state index contributed by atoms with van der Waals surface area (Å²) in [7, 11) is 2.00. The minimum atomic E-state index is -0.739. The summed E-state index contributed by atoms with van der Waals surface area (Å²) in [6.45, 7) is 3.73. The molecule has 1 saturated carbocycles.